The highest BCUT2D eigenvalue weighted by Gasteiger charge is 2.17. The van der Waals surface area contributed by atoms with Gasteiger partial charge in [0.1, 0.15) is 0 Å². The van der Waals surface area contributed by atoms with E-state index in [1.165, 1.54) is 5.56 Å². The van der Waals surface area contributed by atoms with Gasteiger partial charge in [-0.25, -0.2) is 4.79 Å². The lowest BCUT2D eigenvalue weighted by Gasteiger charge is -2.26. The summed E-state index contributed by atoms with van der Waals surface area (Å²) in [5.74, 6) is 0. The minimum atomic E-state index is -0.170. The van der Waals surface area contributed by atoms with Crippen LogP contribution in [0.15, 0.2) is 104 Å². The number of amides is 2. The molecule has 0 saturated carbocycles. The number of aromatic nitrogens is 2. The van der Waals surface area contributed by atoms with Gasteiger partial charge in [-0.05, 0) is 47.0 Å². The summed E-state index contributed by atoms with van der Waals surface area (Å²) < 4.78 is 0. The molecule has 2 heterocycles. The smallest absolute Gasteiger partial charge is 0.322 e. The maximum atomic E-state index is 13.4. The van der Waals surface area contributed by atoms with Crippen LogP contribution in [0.4, 0.5) is 16.2 Å². The van der Waals surface area contributed by atoms with Crippen molar-refractivity contribution in [3.05, 3.63) is 120 Å². The molecule has 0 saturated heterocycles. The Morgan fingerprint density at radius 3 is 2.15 bits per heavy atom. The second kappa shape index (κ2) is 10.9. The summed E-state index contributed by atoms with van der Waals surface area (Å²) in [6.07, 6.45) is 7.00. The van der Waals surface area contributed by atoms with Crippen molar-refractivity contribution in [2.45, 2.75) is 19.6 Å². The highest BCUT2D eigenvalue weighted by atomic mass is 16.2. The lowest BCUT2D eigenvalue weighted by molar-refractivity contribution is 0.206. The van der Waals surface area contributed by atoms with E-state index in [4.69, 9.17) is 0 Å². The summed E-state index contributed by atoms with van der Waals surface area (Å²) >= 11 is 0. The Balaban J connectivity index is 1.53. The molecule has 0 fully saturated rings. The number of urea groups is 1. The van der Waals surface area contributed by atoms with Gasteiger partial charge in [-0.15, -0.1) is 0 Å². The van der Waals surface area contributed by atoms with E-state index in [2.05, 4.69) is 32.3 Å². The van der Waals surface area contributed by atoms with Gasteiger partial charge in [-0.2, -0.15) is 0 Å². The van der Waals surface area contributed by atoms with Crippen LogP contribution in [0.3, 0.4) is 0 Å². The lowest BCUT2D eigenvalue weighted by Crippen LogP contribution is -2.34. The van der Waals surface area contributed by atoms with E-state index >= 15 is 0 Å². The van der Waals surface area contributed by atoms with Crippen LogP contribution in [-0.4, -0.2) is 27.9 Å². The van der Waals surface area contributed by atoms with E-state index in [1.54, 1.807) is 29.7 Å². The van der Waals surface area contributed by atoms with Gasteiger partial charge < -0.3 is 15.1 Å². The van der Waals surface area contributed by atoms with Gasteiger partial charge in [0, 0.05) is 51.5 Å². The summed E-state index contributed by atoms with van der Waals surface area (Å²) in [6, 6.07) is 25.7. The first kappa shape index (κ1) is 22.0. The number of anilines is 2. The van der Waals surface area contributed by atoms with Crippen LogP contribution >= 0.6 is 0 Å². The average molecular weight is 438 g/mol. The molecule has 0 atom stereocenters. The predicted molar refractivity (Wildman–Crippen MR) is 132 cm³/mol. The Morgan fingerprint density at radius 1 is 0.727 bits per heavy atom. The van der Waals surface area contributed by atoms with Crippen LogP contribution in [0.2, 0.25) is 0 Å². The van der Waals surface area contributed by atoms with Crippen molar-refractivity contribution in [1.29, 1.82) is 0 Å². The number of benzene rings is 2. The van der Waals surface area contributed by atoms with Gasteiger partial charge in [0.2, 0.25) is 0 Å². The highest BCUT2D eigenvalue weighted by Crippen LogP contribution is 2.26. The molecule has 0 radical (unpaired) electrons. The first-order valence-corrected chi connectivity index (χ1v) is 10.9. The summed E-state index contributed by atoms with van der Waals surface area (Å²) in [4.78, 5) is 25.6. The zero-order valence-corrected chi connectivity index (χ0v) is 18.6. The number of nitrogens with zero attached hydrogens (tertiary/aromatic N) is 4. The molecule has 0 aliphatic rings. The molecule has 6 heteroatoms. The van der Waals surface area contributed by atoms with E-state index < -0.39 is 0 Å². The maximum Gasteiger partial charge on any atom is 0.322 e. The van der Waals surface area contributed by atoms with Gasteiger partial charge in [-0.1, -0.05) is 48.5 Å². The molecule has 4 rings (SSSR count). The van der Waals surface area contributed by atoms with E-state index in [0.717, 1.165) is 29.0 Å². The predicted octanol–water partition coefficient (Wildman–Crippen LogP) is 5.35. The number of carbonyl (C=O) groups excluding carboxylic acids is 1. The number of hydrogen-bond donors (Lipinski definition) is 1. The fourth-order valence-electron chi connectivity index (χ4n) is 3.67. The van der Waals surface area contributed by atoms with Crippen molar-refractivity contribution in [1.82, 2.24) is 14.9 Å². The molecule has 0 aliphatic carbocycles. The van der Waals surface area contributed by atoms with Crippen LogP contribution in [0.1, 0.15) is 16.7 Å². The number of rotatable bonds is 8. The van der Waals surface area contributed by atoms with Crippen molar-refractivity contribution in [3.8, 4) is 0 Å². The normalized spacial score (nSPS) is 10.5. The molecule has 6 nitrogen and oxygen atoms in total. The molecular weight excluding hydrogens is 410 g/mol. The Kier molecular flexibility index (Phi) is 7.28. The lowest BCUT2D eigenvalue weighted by atomic mass is 10.2. The number of para-hydroxylation sites is 2. The van der Waals surface area contributed by atoms with Gasteiger partial charge in [0.15, 0.2) is 0 Å². The molecule has 0 spiro atoms. The summed E-state index contributed by atoms with van der Waals surface area (Å²) in [7, 11) is 2.03. The first-order chi connectivity index (χ1) is 16.2. The molecule has 0 unspecified atom stereocenters. The average Bonchev–Trinajstić information content (AvgIpc) is 2.86. The van der Waals surface area contributed by atoms with Crippen molar-refractivity contribution >= 4 is 17.4 Å². The van der Waals surface area contributed by atoms with Crippen LogP contribution < -0.4 is 10.2 Å². The summed E-state index contributed by atoms with van der Waals surface area (Å²) in [6.45, 7) is 1.65. The number of hydrogen-bond acceptors (Lipinski definition) is 4. The van der Waals surface area contributed by atoms with Gasteiger partial charge >= 0.3 is 6.03 Å². The zero-order chi connectivity index (χ0) is 22.9. The maximum absolute atomic E-state index is 13.4. The van der Waals surface area contributed by atoms with Crippen molar-refractivity contribution in [2.75, 3.05) is 17.3 Å². The first-order valence-electron chi connectivity index (χ1n) is 10.9. The minimum Gasteiger partial charge on any atom is -0.369 e. The molecule has 1 N–H and O–H groups in total. The number of nitrogens with one attached hydrogen (secondary N) is 1. The van der Waals surface area contributed by atoms with Crippen molar-refractivity contribution < 1.29 is 4.79 Å². The molecule has 2 amide bonds. The van der Waals surface area contributed by atoms with Gasteiger partial charge in [-0.3, -0.25) is 9.97 Å². The van der Waals surface area contributed by atoms with Crippen LogP contribution in [0.5, 0.6) is 0 Å². The second-order valence-corrected chi connectivity index (χ2v) is 7.86. The van der Waals surface area contributed by atoms with Gasteiger partial charge in [0.25, 0.3) is 0 Å². The van der Waals surface area contributed by atoms with Gasteiger partial charge in [0.05, 0.1) is 11.4 Å². The number of pyridine rings is 2. The fourth-order valence-corrected chi connectivity index (χ4v) is 3.67. The molecule has 166 valence electrons. The molecule has 4 aromatic rings. The Morgan fingerprint density at radius 2 is 1.39 bits per heavy atom. The fraction of sp³-hybridized carbons (Fsp3) is 0.148. The third kappa shape index (κ3) is 6.17. The van der Waals surface area contributed by atoms with Crippen LogP contribution in [0.25, 0.3) is 0 Å². The second-order valence-electron chi connectivity index (χ2n) is 7.86. The Bertz CT molecular complexity index is 1110. The molecule has 33 heavy (non-hydrogen) atoms. The van der Waals surface area contributed by atoms with E-state index in [1.807, 2.05) is 73.8 Å². The monoisotopic (exact) mass is 437 g/mol. The minimum absolute atomic E-state index is 0.170. The standard InChI is InChI=1S/C27H27N5O/c1-31(19-22-8-3-2-4-9-22)26-12-6-5-11-25(26)30-27(33)32(20-23-13-16-28-17-14-23)21-24-10-7-15-29-18-24/h2-18H,19-21H2,1H3,(H,30,33). The van der Waals surface area contributed by atoms with Crippen LogP contribution in [0, 0.1) is 0 Å². The SMILES string of the molecule is CN(Cc1ccccc1)c1ccccc1NC(=O)N(Cc1ccncc1)Cc1cccnc1. The van der Waals surface area contributed by atoms with E-state index in [9.17, 15) is 4.79 Å². The molecule has 2 aromatic carbocycles. The zero-order valence-electron chi connectivity index (χ0n) is 18.6. The van der Waals surface area contributed by atoms with E-state index in [0.29, 0.717) is 13.1 Å². The molecule has 0 aliphatic heterocycles. The third-order valence-corrected chi connectivity index (χ3v) is 5.33. The van der Waals surface area contributed by atoms with Crippen molar-refractivity contribution in [3.63, 3.8) is 0 Å². The summed E-state index contributed by atoms with van der Waals surface area (Å²) in [5.41, 5.74) is 4.92. The highest BCUT2D eigenvalue weighted by molar-refractivity contribution is 5.93. The molecule has 0 bridgehead atoms. The summed E-state index contributed by atoms with van der Waals surface area (Å²) in [5, 5.41) is 3.13. The Labute approximate surface area is 194 Å². The molecular formula is C27H27N5O. The number of carbonyl (C=O) groups is 1. The topological polar surface area (TPSA) is 61.4 Å². The largest absolute Gasteiger partial charge is 0.369 e. The molecule has 2 aromatic heterocycles. The Hall–Kier alpha value is -4.19. The van der Waals surface area contributed by atoms with Crippen molar-refractivity contribution in [2.24, 2.45) is 0 Å². The third-order valence-electron chi connectivity index (χ3n) is 5.33. The quantitative estimate of drug-likeness (QED) is 0.404. The van der Waals surface area contributed by atoms with Crippen LogP contribution in [-0.2, 0) is 19.6 Å². The van der Waals surface area contributed by atoms with E-state index in [-0.39, 0.29) is 6.03 Å².